The summed E-state index contributed by atoms with van der Waals surface area (Å²) in [5.41, 5.74) is 0. The molecule has 1 aliphatic rings. The summed E-state index contributed by atoms with van der Waals surface area (Å²) in [5.74, 6) is -1.25. The minimum Gasteiger partial charge on any atom is -0.429 e. The van der Waals surface area contributed by atoms with Gasteiger partial charge in [0.05, 0.1) is 12.3 Å². The summed E-state index contributed by atoms with van der Waals surface area (Å²) >= 11 is 0. The van der Waals surface area contributed by atoms with Gasteiger partial charge in [0.25, 0.3) is 5.78 Å². The number of ketones is 1. The van der Waals surface area contributed by atoms with Crippen molar-refractivity contribution < 1.29 is 14.3 Å². The maximum atomic E-state index is 11.5. The van der Waals surface area contributed by atoms with Gasteiger partial charge >= 0.3 is 5.97 Å². The minimum atomic E-state index is -0.801. The van der Waals surface area contributed by atoms with E-state index >= 15 is 0 Å². The molecule has 14 heavy (non-hydrogen) atoms. The predicted molar refractivity (Wildman–Crippen MR) is 51.6 cm³/mol. The number of carbonyl (C=O) groups excluding carboxylic acids is 2. The van der Waals surface area contributed by atoms with Crippen LogP contribution in [0, 0.1) is 0 Å². The highest BCUT2D eigenvalue weighted by molar-refractivity contribution is 6.35. The molecule has 1 aliphatic heterocycles. The Morgan fingerprint density at radius 3 is 2.93 bits per heavy atom. The fourth-order valence-corrected chi connectivity index (χ4v) is 1.77. The van der Waals surface area contributed by atoms with Crippen LogP contribution < -0.4 is 0 Å². The molecule has 0 N–H and O–H groups in total. The Kier molecular flexibility index (Phi) is 3.83. The summed E-state index contributed by atoms with van der Waals surface area (Å²) in [6.45, 7) is 6.89. The molecule has 4 heteroatoms. The fourth-order valence-electron chi connectivity index (χ4n) is 1.77. The maximum absolute atomic E-state index is 11.5. The third-order valence-corrected chi connectivity index (χ3v) is 2.46. The van der Waals surface area contributed by atoms with Crippen LogP contribution in [0.1, 0.15) is 19.8 Å². The summed E-state index contributed by atoms with van der Waals surface area (Å²) in [4.78, 5) is 24.7. The first-order valence-electron chi connectivity index (χ1n) is 4.80. The SMILES string of the molecule is C=COC(=O)C(=O)C1CCCN1CC. The molecule has 1 atom stereocenters. The van der Waals surface area contributed by atoms with Crippen molar-refractivity contribution in [3.05, 3.63) is 12.8 Å². The highest BCUT2D eigenvalue weighted by Gasteiger charge is 2.34. The summed E-state index contributed by atoms with van der Waals surface area (Å²) in [6, 6.07) is -0.285. The maximum Gasteiger partial charge on any atom is 0.381 e. The first kappa shape index (κ1) is 10.9. The van der Waals surface area contributed by atoms with Crippen LogP contribution >= 0.6 is 0 Å². The van der Waals surface area contributed by atoms with Gasteiger partial charge in [-0.3, -0.25) is 9.69 Å². The lowest BCUT2D eigenvalue weighted by Crippen LogP contribution is -2.40. The summed E-state index contributed by atoms with van der Waals surface area (Å²) in [6.07, 6.45) is 2.70. The van der Waals surface area contributed by atoms with Gasteiger partial charge in [-0.05, 0) is 25.9 Å². The molecule has 4 nitrogen and oxygen atoms in total. The van der Waals surface area contributed by atoms with Crippen molar-refractivity contribution in [2.24, 2.45) is 0 Å². The second kappa shape index (κ2) is 4.91. The Bertz CT molecular complexity index is 250. The van der Waals surface area contributed by atoms with Gasteiger partial charge in [-0.15, -0.1) is 0 Å². The second-order valence-corrected chi connectivity index (χ2v) is 3.22. The van der Waals surface area contributed by atoms with Gasteiger partial charge in [-0.1, -0.05) is 13.5 Å². The summed E-state index contributed by atoms with van der Waals surface area (Å²) in [7, 11) is 0. The Labute approximate surface area is 83.5 Å². The highest BCUT2D eigenvalue weighted by Crippen LogP contribution is 2.17. The van der Waals surface area contributed by atoms with Crippen molar-refractivity contribution >= 4 is 11.8 Å². The van der Waals surface area contributed by atoms with Gasteiger partial charge in [0.1, 0.15) is 0 Å². The standard InChI is InChI=1S/C10H15NO3/c1-3-11-7-5-6-8(11)9(12)10(13)14-4-2/h4,8H,2-3,5-7H2,1H3. The van der Waals surface area contributed by atoms with E-state index in [0.29, 0.717) is 0 Å². The van der Waals surface area contributed by atoms with E-state index in [9.17, 15) is 9.59 Å². The quantitative estimate of drug-likeness (QED) is 0.378. The number of hydrogen-bond acceptors (Lipinski definition) is 4. The third-order valence-electron chi connectivity index (χ3n) is 2.46. The topological polar surface area (TPSA) is 46.6 Å². The first-order chi connectivity index (χ1) is 6.70. The van der Waals surface area contributed by atoms with Crippen molar-refractivity contribution in [2.75, 3.05) is 13.1 Å². The minimum absolute atomic E-state index is 0.285. The molecule has 0 aromatic carbocycles. The lowest BCUT2D eigenvalue weighted by Gasteiger charge is -2.19. The number of likely N-dealkylation sites (N-methyl/N-ethyl adjacent to an activating group) is 1. The van der Waals surface area contributed by atoms with Gasteiger partial charge < -0.3 is 4.74 Å². The second-order valence-electron chi connectivity index (χ2n) is 3.22. The molecule has 1 fully saturated rings. The van der Waals surface area contributed by atoms with Crippen LogP contribution in [0.4, 0.5) is 0 Å². The highest BCUT2D eigenvalue weighted by atomic mass is 16.5. The summed E-state index contributed by atoms with van der Waals surface area (Å²) < 4.78 is 4.46. The van der Waals surface area contributed by atoms with E-state index in [1.54, 1.807) is 0 Å². The first-order valence-corrected chi connectivity index (χ1v) is 4.80. The largest absolute Gasteiger partial charge is 0.429 e. The zero-order valence-corrected chi connectivity index (χ0v) is 8.36. The molecule has 0 spiro atoms. The van der Waals surface area contributed by atoms with Crippen LogP contribution in [0.2, 0.25) is 0 Å². The van der Waals surface area contributed by atoms with E-state index in [1.165, 1.54) is 0 Å². The zero-order chi connectivity index (χ0) is 10.6. The van der Waals surface area contributed by atoms with Gasteiger partial charge in [0.2, 0.25) is 0 Å². The van der Waals surface area contributed by atoms with Crippen LogP contribution in [0.3, 0.4) is 0 Å². The summed E-state index contributed by atoms with van der Waals surface area (Å²) in [5, 5.41) is 0. The molecule has 78 valence electrons. The lowest BCUT2D eigenvalue weighted by atomic mass is 10.1. The van der Waals surface area contributed by atoms with Crippen LogP contribution in [0.25, 0.3) is 0 Å². The van der Waals surface area contributed by atoms with E-state index < -0.39 is 11.8 Å². The number of carbonyl (C=O) groups is 2. The van der Waals surface area contributed by atoms with E-state index in [4.69, 9.17) is 0 Å². The molecule has 1 saturated heterocycles. The number of Topliss-reactive ketones (excluding diaryl/α,β-unsaturated/α-hetero) is 1. The van der Waals surface area contributed by atoms with E-state index in [1.807, 2.05) is 11.8 Å². The molecular weight excluding hydrogens is 182 g/mol. The van der Waals surface area contributed by atoms with E-state index in [0.717, 1.165) is 32.2 Å². The third kappa shape index (κ3) is 2.20. The smallest absolute Gasteiger partial charge is 0.381 e. The Hall–Kier alpha value is -1.16. The molecule has 0 saturated carbocycles. The van der Waals surface area contributed by atoms with E-state index in [-0.39, 0.29) is 6.04 Å². The molecule has 1 heterocycles. The number of ether oxygens (including phenoxy) is 1. The lowest BCUT2D eigenvalue weighted by molar-refractivity contribution is -0.151. The van der Waals surface area contributed by atoms with Crippen molar-refractivity contribution in [3.8, 4) is 0 Å². The molecule has 1 rings (SSSR count). The number of hydrogen-bond donors (Lipinski definition) is 0. The Morgan fingerprint density at radius 2 is 2.36 bits per heavy atom. The number of rotatable bonds is 4. The molecule has 0 amide bonds. The number of likely N-dealkylation sites (tertiary alicyclic amines) is 1. The van der Waals surface area contributed by atoms with E-state index in [2.05, 4.69) is 11.3 Å². The average molecular weight is 197 g/mol. The van der Waals surface area contributed by atoms with Crippen LogP contribution in [-0.4, -0.2) is 35.8 Å². The Balaban J connectivity index is 2.59. The molecule has 0 aromatic rings. The molecule has 0 aromatic heterocycles. The fraction of sp³-hybridized carbons (Fsp3) is 0.600. The molecule has 0 radical (unpaired) electrons. The van der Waals surface area contributed by atoms with Crippen LogP contribution in [0.5, 0.6) is 0 Å². The van der Waals surface area contributed by atoms with Crippen molar-refractivity contribution in [3.63, 3.8) is 0 Å². The van der Waals surface area contributed by atoms with Crippen LogP contribution in [0.15, 0.2) is 12.8 Å². The number of nitrogens with zero attached hydrogens (tertiary/aromatic N) is 1. The molecule has 0 bridgehead atoms. The van der Waals surface area contributed by atoms with Crippen molar-refractivity contribution in [1.29, 1.82) is 0 Å². The average Bonchev–Trinajstić information content (AvgIpc) is 2.64. The molecule has 1 unspecified atom stereocenters. The molecular formula is C10H15NO3. The normalized spacial score (nSPS) is 21.9. The van der Waals surface area contributed by atoms with Gasteiger partial charge in [0, 0.05) is 0 Å². The Morgan fingerprint density at radius 1 is 1.64 bits per heavy atom. The van der Waals surface area contributed by atoms with Gasteiger partial charge in [-0.25, -0.2) is 4.79 Å². The van der Waals surface area contributed by atoms with Crippen molar-refractivity contribution in [2.45, 2.75) is 25.8 Å². The van der Waals surface area contributed by atoms with Crippen LogP contribution in [-0.2, 0) is 14.3 Å². The zero-order valence-electron chi connectivity index (χ0n) is 8.36. The predicted octanol–water partition coefficient (Wildman–Crippen LogP) is 0.726. The molecule has 0 aliphatic carbocycles. The van der Waals surface area contributed by atoms with Gasteiger partial charge in [0.15, 0.2) is 0 Å². The van der Waals surface area contributed by atoms with Gasteiger partial charge in [-0.2, -0.15) is 0 Å². The van der Waals surface area contributed by atoms with Crippen molar-refractivity contribution in [1.82, 2.24) is 4.90 Å². The monoisotopic (exact) mass is 197 g/mol. The number of esters is 1.